The molecule has 1 fully saturated rings. The van der Waals surface area contributed by atoms with E-state index in [1.165, 1.54) is 93.6 Å². The minimum atomic E-state index is -1.88. The number of aromatic hydroxyl groups is 2. The summed E-state index contributed by atoms with van der Waals surface area (Å²) in [5.74, 6) is -14.2. The van der Waals surface area contributed by atoms with E-state index >= 15 is 33.6 Å². The highest BCUT2D eigenvalue weighted by Crippen LogP contribution is 2.24. The lowest BCUT2D eigenvalue weighted by molar-refractivity contribution is -0.151. The molecule has 0 aliphatic carbocycles. The standard InChI is InChI=1S/C88H110N14O17/c1-11-12-32-71-86(117)99(7)52-76(107)92-68(48-77(108)109)82(113)97-78(54(4)5)88(119)101(9)72(45-56-26-18-14-19-27-56)83(114)96-69(44-59-35-39-62(104)40-36-59)84(115)98(6)51-75(106)91-67(47-60-49-89-64-31-23-22-30-63(60)64)81(112)95-66(42-58-33-37-61(103)38-34-58)80(111)94-65(41-53(2)3)79(110)90-50-74(105)93-70(43-55-24-16-13-17-25-55)85(116)102(10)73(87(118)100(71)8)46-57-28-20-15-21-29-57/h13-31,33-40,49,53-54,65-73,78,89,103-104H,11-12,32,41-48,50-52H2,1-10H3,(H,90,110)(H,91,106)(H,92,107)(H,93,105)(H,94,111)(H,95,112)(H,96,114)(H,97,113)(H,108,109)/t65-,66-,67-,68-,69-,70-,71-,72-,73-,78-/m0/s1. The van der Waals surface area contributed by atoms with Crippen LogP contribution in [0.25, 0.3) is 10.9 Å². The topological polar surface area (TPSA) is 428 Å². The van der Waals surface area contributed by atoms with E-state index in [2.05, 4.69) is 47.5 Å². The second kappa shape index (κ2) is 43.8. The van der Waals surface area contributed by atoms with Gasteiger partial charge in [0.1, 0.15) is 71.9 Å². The summed E-state index contributed by atoms with van der Waals surface area (Å²) in [6, 6.07) is 29.7. The van der Waals surface area contributed by atoms with Crippen LogP contribution in [0.2, 0.25) is 0 Å². The van der Waals surface area contributed by atoms with Crippen molar-refractivity contribution in [3.63, 3.8) is 0 Å². The SMILES string of the molecule is CCCC[C@H]1C(=O)N(C)CC(=O)N[C@@H](CC(=O)O)C(=O)N[C@@H](C(C)C)C(=O)N(C)[C@@H](Cc2ccccc2)C(=O)N[C@@H](Cc2ccc(O)cc2)C(=O)N(C)CC(=O)N[C@@H](Cc2c[nH]c3ccccc23)C(=O)N[C@@H](Cc2ccc(O)cc2)C(=O)N[C@@H](CC(C)C)C(=O)NCC(=O)N[C@@H](Cc2ccccc2)C(=O)N(C)[C@@H](Cc2ccccc2)C(=O)N1C. The molecule has 6 aromatic carbocycles. The second-order valence-electron chi connectivity index (χ2n) is 31.0. The first-order valence-corrected chi connectivity index (χ1v) is 39.8. The molecule has 1 aromatic heterocycles. The first-order valence-electron chi connectivity index (χ1n) is 39.8. The number of amides is 13. The van der Waals surface area contributed by atoms with E-state index in [9.17, 15) is 48.9 Å². The molecule has 10 atom stereocenters. The summed E-state index contributed by atoms with van der Waals surface area (Å²) >= 11 is 0. The van der Waals surface area contributed by atoms with Gasteiger partial charge in [-0.1, -0.05) is 181 Å². The number of H-pyrrole nitrogens is 1. The molecule has 2 heterocycles. The van der Waals surface area contributed by atoms with Crippen molar-refractivity contribution in [1.82, 2.24) is 72.0 Å². The molecule has 1 aliphatic heterocycles. The van der Waals surface area contributed by atoms with E-state index < -0.39 is 175 Å². The Kier molecular flexibility index (Phi) is 33.7. The number of carbonyl (C=O) groups is 14. The van der Waals surface area contributed by atoms with Gasteiger partial charge in [-0.25, -0.2) is 0 Å². The molecule has 0 spiro atoms. The number of rotatable bonds is 20. The average molecular weight is 1640 g/mol. The van der Waals surface area contributed by atoms with E-state index in [-0.39, 0.29) is 68.8 Å². The smallest absolute Gasteiger partial charge is 0.305 e. The molecular formula is C88H110N14O17. The number of likely N-dealkylation sites (N-methyl/N-ethyl adjacent to an activating group) is 5. The van der Waals surface area contributed by atoms with Gasteiger partial charge in [0.15, 0.2) is 0 Å². The lowest BCUT2D eigenvalue weighted by Crippen LogP contribution is -2.61. The molecule has 0 radical (unpaired) electrons. The molecule has 8 rings (SSSR count). The van der Waals surface area contributed by atoms with Crippen molar-refractivity contribution in [2.24, 2.45) is 11.8 Å². The van der Waals surface area contributed by atoms with Crippen molar-refractivity contribution in [3.8, 4) is 11.5 Å². The Morgan fingerprint density at radius 1 is 0.412 bits per heavy atom. The number of carbonyl (C=O) groups excluding carboxylic acids is 13. The van der Waals surface area contributed by atoms with Crippen LogP contribution < -0.4 is 42.5 Å². The van der Waals surface area contributed by atoms with Crippen molar-refractivity contribution in [2.45, 2.75) is 166 Å². The highest BCUT2D eigenvalue weighted by Gasteiger charge is 2.42. The number of phenolic OH excluding ortho intramolecular Hbond substituents is 2. The molecule has 0 unspecified atom stereocenters. The van der Waals surface area contributed by atoms with Crippen LogP contribution in [0.15, 0.2) is 170 Å². The van der Waals surface area contributed by atoms with Crippen LogP contribution in [0.1, 0.15) is 100 Å². The number of aromatic amines is 1. The maximum absolute atomic E-state index is 15.5. The molecule has 0 saturated carbocycles. The fourth-order valence-corrected chi connectivity index (χ4v) is 14.2. The van der Waals surface area contributed by atoms with Gasteiger partial charge in [-0.2, -0.15) is 0 Å². The van der Waals surface area contributed by atoms with Crippen LogP contribution in [0.3, 0.4) is 0 Å². The van der Waals surface area contributed by atoms with Crippen LogP contribution in [0.5, 0.6) is 11.5 Å². The Labute approximate surface area is 692 Å². The van der Waals surface area contributed by atoms with Crippen LogP contribution in [-0.2, 0) is 106 Å². The summed E-state index contributed by atoms with van der Waals surface area (Å²) in [7, 11) is 6.61. The molecule has 31 heteroatoms. The minimum Gasteiger partial charge on any atom is -0.508 e. The highest BCUT2D eigenvalue weighted by molar-refractivity contribution is 6.01. The quantitative estimate of drug-likeness (QED) is 0.0518. The maximum atomic E-state index is 15.5. The third-order valence-electron chi connectivity index (χ3n) is 20.9. The summed E-state index contributed by atoms with van der Waals surface area (Å²) in [6.07, 6.45) is 0.464. The van der Waals surface area contributed by atoms with Crippen LogP contribution >= 0.6 is 0 Å². The van der Waals surface area contributed by atoms with E-state index in [4.69, 9.17) is 0 Å². The lowest BCUT2D eigenvalue weighted by Gasteiger charge is -2.37. The number of carboxylic acid groups (broad SMARTS) is 1. The summed E-state index contributed by atoms with van der Waals surface area (Å²) in [6.45, 7) is 6.30. The van der Waals surface area contributed by atoms with Crippen molar-refractivity contribution >= 4 is 93.7 Å². The third-order valence-corrected chi connectivity index (χ3v) is 20.9. The van der Waals surface area contributed by atoms with Gasteiger partial charge in [0, 0.05) is 90.9 Å². The number of hydrogen-bond donors (Lipinski definition) is 12. The van der Waals surface area contributed by atoms with Crippen LogP contribution in [-0.4, -0.2) is 243 Å². The first-order chi connectivity index (χ1) is 56.7. The normalized spacial score (nSPS) is 21.9. The fourth-order valence-electron chi connectivity index (χ4n) is 14.2. The minimum absolute atomic E-state index is 0.00958. The number of carboxylic acids is 1. The zero-order valence-electron chi connectivity index (χ0n) is 68.8. The van der Waals surface area contributed by atoms with Gasteiger partial charge in [0.2, 0.25) is 76.8 Å². The Morgan fingerprint density at radius 2 is 0.840 bits per heavy atom. The van der Waals surface area contributed by atoms with Crippen molar-refractivity contribution in [3.05, 3.63) is 203 Å². The van der Waals surface area contributed by atoms with Crippen molar-refractivity contribution < 1.29 is 82.4 Å². The number of unbranched alkanes of at least 4 members (excludes halogenated alkanes) is 1. The van der Waals surface area contributed by atoms with Gasteiger partial charge in [-0.3, -0.25) is 67.1 Å². The molecular weight excluding hydrogens is 1530 g/mol. The summed E-state index contributed by atoms with van der Waals surface area (Å²) in [4.78, 5) is 216. The van der Waals surface area contributed by atoms with E-state index in [1.54, 1.807) is 149 Å². The number of benzene rings is 6. The zero-order valence-corrected chi connectivity index (χ0v) is 68.8. The molecule has 12 N–H and O–H groups in total. The lowest BCUT2D eigenvalue weighted by atomic mass is 9.98. The number of aliphatic carboxylic acids is 1. The highest BCUT2D eigenvalue weighted by atomic mass is 16.4. The van der Waals surface area contributed by atoms with Crippen molar-refractivity contribution in [1.29, 1.82) is 0 Å². The van der Waals surface area contributed by atoms with Gasteiger partial charge in [0.05, 0.1) is 26.1 Å². The molecule has 13 amide bonds. The summed E-state index contributed by atoms with van der Waals surface area (Å²) in [5.41, 5.74) is 3.82. The largest absolute Gasteiger partial charge is 0.508 e. The van der Waals surface area contributed by atoms with Gasteiger partial charge in [0.25, 0.3) is 0 Å². The molecule has 634 valence electrons. The Balaban J connectivity index is 1.20. The van der Waals surface area contributed by atoms with Crippen LogP contribution in [0.4, 0.5) is 0 Å². The Hall–Kier alpha value is -13.0. The third kappa shape index (κ3) is 26.8. The summed E-state index contributed by atoms with van der Waals surface area (Å²) in [5, 5.41) is 53.1. The van der Waals surface area contributed by atoms with Gasteiger partial charge in [-0.15, -0.1) is 0 Å². The number of para-hydroxylation sites is 1. The van der Waals surface area contributed by atoms with Gasteiger partial charge >= 0.3 is 5.97 Å². The predicted octanol–water partition coefficient (Wildman–Crippen LogP) is 3.62. The molecule has 0 bridgehead atoms. The Morgan fingerprint density at radius 3 is 1.37 bits per heavy atom. The van der Waals surface area contributed by atoms with E-state index in [0.29, 0.717) is 57.1 Å². The number of phenols is 2. The monoisotopic (exact) mass is 1630 g/mol. The molecule has 119 heavy (non-hydrogen) atoms. The zero-order chi connectivity index (χ0) is 86.7. The fraction of sp³-hybridized carbons (Fsp3) is 0.409. The number of hydrogen-bond acceptors (Lipinski definition) is 16. The summed E-state index contributed by atoms with van der Waals surface area (Å²) < 4.78 is 0. The average Bonchev–Trinajstić information content (AvgIpc) is 1.53. The number of aromatic nitrogens is 1. The van der Waals surface area contributed by atoms with E-state index in [0.717, 1.165) is 14.7 Å². The Bertz CT molecular complexity index is 4680. The van der Waals surface area contributed by atoms with Gasteiger partial charge in [-0.05, 0) is 88.4 Å². The number of nitrogens with zero attached hydrogens (tertiary/aromatic N) is 5. The number of fused-ring (bicyclic) bond motifs is 1. The molecule has 1 aliphatic rings. The van der Waals surface area contributed by atoms with Crippen molar-refractivity contribution in [2.75, 3.05) is 54.9 Å². The van der Waals surface area contributed by atoms with E-state index in [1.807, 2.05) is 6.92 Å². The molecule has 7 aromatic rings. The first kappa shape index (κ1) is 91.6. The predicted molar refractivity (Wildman–Crippen MR) is 444 cm³/mol. The van der Waals surface area contributed by atoms with Gasteiger partial charge < -0.3 is 87.3 Å². The maximum Gasteiger partial charge on any atom is 0.305 e. The number of nitrogens with one attached hydrogen (secondary N) is 9. The second-order valence-corrected chi connectivity index (χ2v) is 31.0. The molecule has 31 nitrogen and oxygen atoms in total. The van der Waals surface area contributed by atoms with Crippen LogP contribution in [0, 0.1) is 11.8 Å². The molecule has 1 saturated heterocycles.